The van der Waals surface area contributed by atoms with Gasteiger partial charge in [-0.25, -0.2) is 4.79 Å². The van der Waals surface area contributed by atoms with Gasteiger partial charge in [0.2, 0.25) is 0 Å². The first-order valence-corrected chi connectivity index (χ1v) is 6.47. The number of rotatable bonds is 4. The standard InChI is InChI=1S/C13H13NO.C3H6O3/c1-15-13-8-5-9-14-12(13)10-11-6-3-2-4-7-11;1-2(4)3(5)6/h2-9H,10H2,1H3;2,4H,1H3,(H,5,6). The highest BCUT2D eigenvalue weighted by Crippen LogP contribution is 2.17. The van der Waals surface area contributed by atoms with Crippen molar-refractivity contribution in [1.82, 2.24) is 4.98 Å². The lowest BCUT2D eigenvalue weighted by molar-refractivity contribution is -0.145. The van der Waals surface area contributed by atoms with Gasteiger partial charge < -0.3 is 14.9 Å². The normalized spacial score (nSPS) is 11.0. The van der Waals surface area contributed by atoms with Crippen LogP contribution in [-0.2, 0) is 11.2 Å². The fraction of sp³-hybridized carbons (Fsp3) is 0.250. The van der Waals surface area contributed by atoms with Crippen LogP contribution in [0, 0.1) is 0 Å². The van der Waals surface area contributed by atoms with Crippen molar-refractivity contribution in [3.8, 4) is 5.75 Å². The monoisotopic (exact) mass is 289 g/mol. The maximum Gasteiger partial charge on any atom is 0.332 e. The van der Waals surface area contributed by atoms with E-state index in [0.29, 0.717) is 0 Å². The largest absolute Gasteiger partial charge is 0.495 e. The SMILES string of the molecule is CC(O)C(=O)O.COc1cccnc1Cc1ccccc1. The third-order valence-corrected chi connectivity index (χ3v) is 2.64. The zero-order valence-corrected chi connectivity index (χ0v) is 12.1. The molecular formula is C16H19NO4. The van der Waals surface area contributed by atoms with E-state index in [1.165, 1.54) is 12.5 Å². The first-order valence-electron chi connectivity index (χ1n) is 6.47. The number of aliphatic carboxylic acids is 1. The van der Waals surface area contributed by atoms with Crippen LogP contribution < -0.4 is 4.74 Å². The molecule has 1 heterocycles. The van der Waals surface area contributed by atoms with Gasteiger partial charge in [-0.2, -0.15) is 0 Å². The molecule has 0 spiro atoms. The van der Waals surface area contributed by atoms with Crippen LogP contribution in [0.15, 0.2) is 48.7 Å². The van der Waals surface area contributed by atoms with Crippen LogP contribution in [0.25, 0.3) is 0 Å². The minimum atomic E-state index is -1.23. The van der Waals surface area contributed by atoms with Gasteiger partial charge in [-0.15, -0.1) is 0 Å². The molecule has 0 aliphatic rings. The van der Waals surface area contributed by atoms with Crippen LogP contribution >= 0.6 is 0 Å². The Labute approximate surface area is 123 Å². The Morgan fingerprint density at radius 3 is 2.38 bits per heavy atom. The summed E-state index contributed by atoms with van der Waals surface area (Å²) in [7, 11) is 1.67. The highest BCUT2D eigenvalue weighted by Gasteiger charge is 2.03. The van der Waals surface area contributed by atoms with Crippen LogP contribution in [0.4, 0.5) is 0 Å². The quantitative estimate of drug-likeness (QED) is 0.901. The Morgan fingerprint density at radius 2 is 1.86 bits per heavy atom. The van der Waals surface area contributed by atoms with Crippen molar-refractivity contribution < 1.29 is 19.7 Å². The van der Waals surface area contributed by atoms with E-state index < -0.39 is 12.1 Å². The summed E-state index contributed by atoms with van der Waals surface area (Å²) in [4.78, 5) is 13.8. The number of aliphatic hydroxyl groups excluding tert-OH is 1. The predicted octanol–water partition coefficient (Wildman–Crippen LogP) is 2.13. The Hall–Kier alpha value is -2.40. The number of carbonyl (C=O) groups is 1. The molecule has 1 aromatic heterocycles. The minimum absolute atomic E-state index is 0.810. The van der Waals surface area contributed by atoms with E-state index in [0.717, 1.165) is 17.9 Å². The smallest absolute Gasteiger partial charge is 0.332 e. The highest BCUT2D eigenvalue weighted by atomic mass is 16.5. The zero-order chi connectivity index (χ0) is 15.7. The van der Waals surface area contributed by atoms with Crippen molar-refractivity contribution >= 4 is 5.97 Å². The molecule has 5 nitrogen and oxygen atoms in total. The average Bonchev–Trinajstić information content (AvgIpc) is 2.49. The summed E-state index contributed by atoms with van der Waals surface area (Å²) in [6, 6.07) is 14.1. The highest BCUT2D eigenvalue weighted by molar-refractivity contribution is 5.71. The lowest BCUT2D eigenvalue weighted by Gasteiger charge is -2.06. The summed E-state index contributed by atoms with van der Waals surface area (Å²) in [5, 5.41) is 15.8. The van der Waals surface area contributed by atoms with Gasteiger partial charge in [-0.05, 0) is 24.6 Å². The van der Waals surface area contributed by atoms with Crippen molar-refractivity contribution in [1.29, 1.82) is 0 Å². The van der Waals surface area contributed by atoms with Crippen molar-refractivity contribution in [3.05, 3.63) is 59.9 Å². The molecule has 0 fully saturated rings. The number of hydrogen-bond acceptors (Lipinski definition) is 4. The second-order valence-electron chi connectivity index (χ2n) is 4.33. The molecule has 1 unspecified atom stereocenters. The van der Waals surface area contributed by atoms with E-state index >= 15 is 0 Å². The summed E-state index contributed by atoms with van der Waals surface area (Å²) in [6.07, 6.45) is 1.37. The zero-order valence-electron chi connectivity index (χ0n) is 12.1. The van der Waals surface area contributed by atoms with Gasteiger partial charge in [0.1, 0.15) is 11.9 Å². The maximum atomic E-state index is 9.45. The van der Waals surface area contributed by atoms with Gasteiger partial charge in [0.25, 0.3) is 0 Å². The molecule has 1 aromatic carbocycles. The molecule has 0 aliphatic heterocycles. The molecule has 1 atom stereocenters. The summed E-state index contributed by atoms with van der Waals surface area (Å²) in [6.45, 7) is 1.20. The predicted molar refractivity (Wildman–Crippen MR) is 79.4 cm³/mol. The number of nitrogens with zero attached hydrogens (tertiary/aromatic N) is 1. The van der Waals surface area contributed by atoms with E-state index in [1.807, 2.05) is 30.3 Å². The summed E-state index contributed by atoms with van der Waals surface area (Å²) >= 11 is 0. The van der Waals surface area contributed by atoms with Gasteiger partial charge >= 0.3 is 5.97 Å². The Balaban J connectivity index is 0.000000315. The fourth-order valence-electron chi connectivity index (χ4n) is 1.53. The first-order chi connectivity index (χ1) is 10.0. The van der Waals surface area contributed by atoms with Crippen molar-refractivity contribution in [2.45, 2.75) is 19.4 Å². The summed E-state index contributed by atoms with van der Waals surface area (Å²) in [5.74, 6) is -0.337. The number of ether oxygens (including phenoxy) is 1. The van der Waals surface area contributed by atoms with Gasteiger partial charge in [0.15, 0.2) is 0 Å². The number of carboxylic acid groups (broad SMARTS) is 1. The minimum Gasteiger partial charge on any atom is -0.495 e. The van der Waals surface area contributed by atoms with E-state index in [1.54, 1.807) is 13.3 Å². The molecule has 0 aliphatic carbocycles. The molecule has 2 rings (SSSR count). The average molecular weight is 289 g/mol. The van der Waals surface area contributed by atoms with E-state index in [4.69, 9.17) is 14.9 Å². The molecule has 0 amide bonds. The molecule has 0 radical (unpaired) electrons. The van der Waals surface area contributed by atoms with Crippen molar-refractivity contribution in [2.75, 3.05) is 7.11 Å². The van der Waals surface area contributed by atoms with Crippen LogP contribution in [0.3, 0.4) is 0 Å². The van der Waals surface area contributed by atoms with E-state index in [2.05, 4.69) is 17.1 Å². The second-order valence-corrected chi connectivity index (χ2v) is 4.33. The number of hydrogen-bond donors (Lipinski definition) is 2. The van der Waals surface area contributed by atoms with Gasteiger partial charge in [0.05, 0.1) is 12.8 Å². The lowest BCUT2D eigenvalue weighted by Crippen LogP contribution is -2.13. The Kier molecular flexibility index (Phi) is 6.91. The molecule has 2 aromatic rings. The van der Waals surface area contributed by atoms with Gasteiger partial charge in [-0.1, -0.05) is 30.3 Å². The molecular weight excluding hydrogens is 270 g/mol. The van der Waals surface area contributed by atoms with Gasteiger partial charge in [0, 0.05) is 12.6 Å². The number of aliphatic hydroxyl groups is 1. The molecule has 2 N–H and O–H groups in total. The first kappa shape index (κ1) is 16.7. The third kappa shape index (κ3) is 6.05. The second kappa shape index (κ2) is 8.71. The van der Waals surface area contributed by atoms with E-state index in [-0.39, 0.29) is 0 Å². The Morgan fingerprint density at radius 1 is 1.24 bits per heavy atom. The summed E-state index contributed by atoms with van der Waals surface area (Å²) in [5.41, 5.74) is 2.22. The lowest BCUT2D eigenvalue weighted by atomic mass is 10.1. The maximum absolute atomic E-state index is 9.45. The topological polar surface area (TPSA) is 79.7 Å². The molecule has 0 bridgehead atoms. The van der Waals surface area contributed by atoms with Crippen molar-refractivity contribution in [2.24, 2.45) is 0 Å². The summed E-state index contributed by atoms with van der Waals surface area (Å²) < 4.78 is 5.26. The van der Waals surface area contributed by atoms with Crippen LogP contribution in [0.5, 0.6) is 5.75 Å². The van der Waals surface area contributed by atoms with Crippen LogP contribution in [-0.4, -0.2) is 34.4 Å². The third-order valence-electron chi connectivity index (χ3n) is 2.64. The number of aromatic nitrogens is 1. The fourth-order valence-corrected chi connectivity index (χ4v) is 1.53. The molecule has 21 heavy (non-hydrogen) atoms. The molecule has 5 heteroatoms. The molecule has 0 saturated heterocycles. The molecule has 0 saturated carbocycles. The number of benzene rings is 1. The van der Waals surface area contributed by atoms with Crippen molar-refractivity contribution in [3.63, 3.8) is 0 Å². The van der Waals surface area contributed by atoms with E-state index in [9.17, 15) is 4.79 Å². The Bertz CT molecular complexity index is 555. The number of carboxylic acids is 1. The van der Waals surface area contributed by atoms with Crippen LogP contribution in [0.1, 0.15) is 18.2 Å². The number of pyridine rings is 1. The van der Waals surface area contributed by atoms with Crippen LogP contribution in [0.2, 0.25) is 0 Å². The molecule has 112 valence electrons. The van der Waals surface area contributed by atoms with Gasteiger partial charge in [-0.3, -0.25) is 4.98 Å². The number of methoxy groups -OCH3 is 1.